The molecule has 114 valence electrons. The van der Waals surface area contributed by atoms with Crippen molar-refractivity contribution >= 4 is 29.4 Å². The van der Waals surface area contributed by atoms with E-state index >= 15 is 0 Å². The van der Waals surface area contributed by atoms with E-state index in [1.54, 1.807) is 6.07 Å². The maximum Gasteiger partial charge on any atom is 0.411 e. The predicted octanol–water partition coefficient (Wildman–Crippen LogP) is 3.88. The van der Waals surface area contributed by atoms with Gasteiger partial charge in [-0.1, -0.05) is 41.9 Å². The maximum absolute atomic E-state index is 11.7. The van der Waals surface area contributed by atoms with Gasteiger partial charge in [0.1, 0.15) is 6.61 Å². The van der Waals surface area contributed by atoms with Crippen LogP contribution in [-0.2, 0) is 16.1 Å². The molecule has 0 aliphatic heterocycles. The Morgan fingerprint density at radius 3 is 2.55 bits per heavy atom. The summed E-state index contributed by atoms with van der Waals surface area (Å²) < 4.78 is 9.70. The molecule has 0 aromatic heterocycles. The van der Waals surface area contributed by atoms with Crippen LogP contribution in [0.3, 0.4) is 0 Å². The molecule has 0 bridgehead atoms. The van der Waals surface area contributed by atoms with E-state index in [4.69, 9.17) is 16.3 Å². The van der Waals surface area contributed by atoms with Crippen LogP contribution in [0.4, 0.5) is 10.5 Å². The summed E-state index contributed by atoms with van der Waals surface area (Å²) in [5.74, 6) is -0.577. The molecule has 0 atom stereocenters. The summed E-state index contributed by atoms with van der Waals surface area (Å²) >= 11 is 5.90. The van der Waals surface area contributed by atoms with Gasteiger partial charge >= 0.3 is 12.1 Å². The Kier molecular flexibility index (Phi) is 5.38. The molecule has 1 N–H and O–H groups in total. The molecular weight excluding hydrogens is 306 g/mol. The third kappa shape index (κ3) is 4.23. The number of methoxy groups -OCH3 is 1. The zero-order valence-electron chi connectivity index (χ0n) is 11.8. The fourth-order valence-electron chi connectivity index (χ4n) is 1.75. The van der Waals surface area contributed by atoms with Gasteiger partial charge in [0.2, 0.25) is 0 Å². The number of esters is 1. The van der Waals surface area contributed by atoms with Gasteiger partial charge in [-0.15, -0.1) is 0 Å². The van der Waals surface area contributed by atoms with Crippen molar-refractivity contribution in [2.24, 2.45) is 0 Å². The van der Waals surface area contributed by atoms with E-state index in [2.05, 4.69) is 10.1 Å². The minimum absolute atomic E-state index is 0.157. The molecule has 1 amide bonds. The van der Waals surface area contributed by atoms with Crippen molar-refractivity contribution in [3.8, 4) is 0 Å². The van der Waals surface area contributed by atoms with Gasteiger partial charge in [-0.05, 0) is 23.8 Å². The van der Waals surface area contributed by atoms with Gasteiger partial charge in [-0.3, -0.25) is 5.32 Å². The van der Waals surface area contributed by atoms with E-state index in [0.717, 1.165) is 5.56 Å². The molecule has 0 aliphatic carbocycles. The second-order valence-corrected chi connectivity index (χ2v) is 4.78. The van der Waals surface area contributed by atoms with Gasteiger partial charge in [0.05, 0.1) is 17.7 Å². The van der Waals surface area contributed by atoms with E-state index in [0.29, 0.717) is 5.69 Å². The monoisotopic (exact) mass is 319 g/mol. The third-order valence-corrected chi connectivity index (χ3v) is 3.16. The SMILES string of the molecule is COC(=O)c1cc(NC(=O)OCc2ccccc2)ccc1Cl. The first-order valence-electron chi connectivity index (χ1n) is 6.45. The van der Waals surface area contributed by atoms with Crippen LogP contribution in [0.2, 0.25) is 5.02 Å². The molecule has 2 rings (SSSR count). The third-order valence-electron chi connectivity index (χ3n) is 2.83. The highest BCUT2D eigenvalue weighted by Gasteiger charge is 2.12. The number of nitrogens with one attached hydrogen (secondary N) is 1. The summed E-state index contributed by atoms with van der Waals surface area (Å²) in [5, 5.41) is 2.78. The normalized spacial score (nSPS) is 9.91. The molecule has 2 aromatic rings. The van der Waals surface area contributed by atoms with Crippen LogP contribution in [0, 0.1) is 0 Å². The summed E-state index contributed by atoms with van der Waals surface area (Å²) in [5.41, 5.74) is 1.44. The first-order chi connectivity index (χ1) is 10.6. The standard InChI is InChI=1S/C16H14ClNO4/c1-21-15(19)13-9-12(7-8-14(13)17)18-16(20)22-10-11-5-3-2-4-6-11/h2-9H,10H2,1H3,(H,18,20). The van der Waals surface area contributed by atoms with E-state index in [9.17, 15) is 9.59 Å². The summed E-state index contributed by atoms with van der Waals surface area (Å²) in [6.07, 6.45) is -0.623. The van der Waals surface area contributed by atoms with Gasteiger partial charge < -0.3 is 9.47 Å². The van der Waals surface area contributed by atoms with Crippen LogP contribution < -0.4 is 5.32 Å². The van der Waals surface area contributed by atoms with E-state index in [-0.39, 0.29) is 17.2 Å². The molecule has 0 heterocycles. The fraction of sp³-hybridized carbons (Fsp3) is 0.125. The predicted molar refractivity (Wildman–Crippen MR) is 83.0 cm³/mol. The van der Waals surface area contributed by atoms with Crippen LogP contribution in [0.25, 0.3) is 0 Å². The second kappa shape index (κ2) is 7.47. The first kappa shape index (κ1) is 15.9. The Morgan fingerprint density at radius 1 is 1.14 bits per heavy atom. The Bertz CT molecular complexity index is 673. The van der Waals surface area contributed by atoms with Gasteiger partial charge in [-0.25, -0.2) is 9.59 Å². The zero-order chi connectivity index (χ0) is 15.9. The van der Waals surface area contributed by atoms with Gasteiger partial charge in [0.15, 0.2) is 0 Å². The molecule has 0 fully saturated rings. The molecule has 0 saturated heterocycles. The topological polar surface area (TPSA) is 64.6 Å². The molecule has 22 heavy (non-hydrogen) atoms. The summed E-state index contributed by atoms with van der Waals surface area (Å²) in [7, 11) is 1.26. The summed E-state index contributed by atoms with van der Waals surface area (Å²) in [6.45, 7) is 0.157. The highest BCUT2D eigenvalue weighted by molar-refractivity contribution is 6.33. The Hall–Kier alpha value is -2.53. The Balaban J connectivity index is 1.98. The number of rotatable bonds is 4. The van der Waals surface area contributed by atoms with Crippen molar-refractivity contribution in [1.82, 2.24) is 0 Å². The molecule has 0 aliphatic rings. The number of ether oxygens (including phenoxy) is 2. The Labute approximate surface area is 132 Å². The van der Waals surface area contributed by atoms with Gasteiger partial charge in [0.25, 0.3) is 0 Å². The van der Waals surface area contributed by atoms with Crippen molar-refractivity contribution < 1.29 is 19.1 Å². The van der Waals surface area contributed by atoms with Crippen LogP contribution in [0.5, 0.6) is 0 Å². The number of amides is 1. The molecule has 0 radical (unpaired) electrons. The van der Waals surface area contributed by atoms with Gasteiger partial charge in [-0.2, -0.15) is 0 Å². The highest BCUT2D eigenvalue weighted by Crippen LogP contribution is 2.21. The summed E-state index contributed by atoms with van der Waals surface area (Å²) in [6, 6.07) is 13.8. The van der Waals surface area contributed by atoms with E-state index < -0.39 is 12.1 Å². The van der Waals surface area contributed by atoms with Crippen LogP contribution >= 0.6 is 11.6 Å². The molecule has 0 saturated carbocycles. The average Bonchev–Trinajstić information content (AvgIpc) is 2.55. The number of halogens is 1. The number of benzene rings is 2. The minimum Gasteiger partial charge on any atom is -0.465 e. The number of carbonyl (C=O) groups excluding carboxylic acids is 2. The van der Waals surface area contributed by atoms with Crippen molar-refractivity contribution in [1.29, 1.82) is 0 Å². The molecule has 5 nitrogen and oxygen atoms in total. The average molecular weight is 320 g/mol. The molecule has 0 unspecified atom stereocenters. The van der Waals surface area contributed by atoms with E-state index in [1.807, 2.05) is 30.3 Å². The lowest BCUT2D eigenvalue weighted by atomic mass is 10.2. The summed E-state index contributed by atoms with van der Waals surface area (Å²) in [4.78, 5) is 23.3. The molecule has 2 aromatic carbocycles. The van der Waals surface area contributed by atoms with Crippen LogP contribution in [0.1, 0.15) is 15.9 Å². The quantitative estimate of drug-likeness (QED) is 0.869. The van der Waals surface area contributed by atoms with Crippen molar-refractivity contribution in [2.75, 3.05) is 12.4 Å². The first-order valence-corrected chi connectivity index (χ1v) is 6.83. The zero-order valence-corrected chi connectivity index (χ0v) is 12.6. The molecule has 6 heteroatoms. The largest absolute Gasteiger partial charge is 0.465 e. The lowest BCUT2D eigenvalue weighted by Gasteiger charge is -2.09. The fourth-order valence-corrected chi connectivity index (χ4v) is 1.94. The van der Waals surface area contributed by atoms with Crippen molar-refractivity contribution in [3.05, 3.63) is 64.7 Å². The number of hydrogen-bond donors (Lipinski definition) is 1. The minimum atomic E-state index is -0.623. The van der Waals surface area contributed by atoms with Gasteiger partial charge in [0, 0.05) is 5.69 Å². The Morgan fingerprint density at radius 2 is 1.86 bits per heavy atom. The number of anilines is 1. The highest BCUT2D eigenvalue weighted by atomic mass is 35.5. The number of carbonyl (C=O) groups is 2. The second-order valence-electron chi connectivity index (χ2n) is 4.37. The smallest absolute Gasteiger partial charge is 0.411 e. The lowest BCUT2D eigenvalue weighted by molar-refractivity contribution is 0.0601. The maximum atomic E-state index is 11.7. The van der Waals surface area contributed by atoms with Crippen LogP contribution in [0.15, 0.2) is 48.5 Å². The molecular formula is C16H14ClNO4. The van der Waals surface area contributed by atoms with Crippen molar-refractivity contribution in [2.45, 2.75) is 6.61 Å². The number of hydrogen-bond acceptors (Lipinski definition) is 4. The molecule has 0 spiro atoms. The lowest BCUT2D eigenvalue weighted by Crippen LogP contribution is -2.14. The van der Waals surface area contributed by atoms with Crippen molar-refractivity contribution in [3.63, 3.8) is 0 Å². The van der Waals surface area contributed by atoms with Crippen LogP contribution in [-0.4, -0.2) is 19.2 Å². The van der Waals surface area contributed by atoms with E-state index in [1.165, 1.54) is 19.2 Å².